The predicted molar refractivity (Wildman–Crippen MR) is 107 cm³/mol. The lowest BCUT2D eigenvalue weighted by Crippen LogP contribution is -2.43. The first kappa shape index (κ1) is 20.7. The summed E-state index contributed by atoms with van der Waals surface area (Å²) < 4.78 is 11.4. The van der Waals surface area contributed by atoms with Crippen molar-refractivity contribution in [1.82, 2.24) is 5.32 Å². The number of rotatable bonds is 6. The van der Waals surface area contributed by atoms with Crippen molar-refractivity contribution < 1.29 is 19.1 Å². The van der Waals surface area contributed by atoms with Crippen molar-refractivity contribution in [2.75, 3.05) is 14.2 Å². The smallest absolute Gasteiger partial charge is 0.328 e. The number of ether oxygens (including phenoxy) is 2. The fourth-order valence-electron chi connectivity index (χ4n) is 2.33. The lowest BCUT2D eigenvalue weighted by molar-refractivity contribution is -0.142. The lowest BCUT2D eigenvalue weighted by atomic mass is 10.0. The van der Waals surface area contributed by atoms with Crippen molar-refractivity contribution in [3.63, 3.8) is 0 Å². The molecule has 0 saturated carbocycles. The van der Waals surface area contributed by atoms with E-state index in [0.717, 1.165) is 14.5 Å². The third-order valence-corrected chi connectivity index (χ3v) is 4.78. The Bertz CT molecular complexity index is 809. The first-order valence-corrected chi connectivity index (χ1v) is 9.47. The second-order valence-corrected chi connectivity index (χ2v) is 7.62. The van der Waals surface area contributed by atoms with Crippen LogP contribution >= 0.6 is 43.5 Å². The maximum absolute atomic E-state index is 12.5. The molecule has 2 aromatic rings. The van der Waals surface area contributed by atoms with E-state index in [0.29, 0.717) is 16.3 Å². The normalized spacial score (nSPS) is 11.6. The zero-order chi connectivity index (χ0) is 19.3. The first-order valence-electron chi connectivity index (χ1n) is 7.51. The predicted octanol–water partition coefficient (Wildman–Crippen LogP) is 4.39. The average molecular weight is 506 g/mol. The summed E-state index contributed by atoms with van der Waals surface area (Å²) in [5.41, 5.74) is 1.18. The van der Waals surface area contributed by atoms with E-state index in [4.69, 9.17) is 21.1 Å². The van der Waals surface area contributed by atoms with Crippen LogP contribution in [0.1, 0.15) is 15.9 Å². The highest BCUT2D eigenvalue weighted by Gasteiger charge is 2.23. The van der Waals surface area contributed by atoms with E-state index in [1.165, 1.54) is 14.2 Å². The van der Waals surface area contributed by atoms with Gasteiger partial charge in [0.05, 0.1) is 19.2 Å². The Hall–Kier alpha value is -1.57. The summed E-state index contributed by atoms with van der Waals surface area (Å²) in [5.74, 6) is -0.394. The molecular formula is C18H16Br2ClNO4. The highest BCUT2D eigenvalue weighted by molar-refractivity contribution is 9.11. The SMILES string of the molecule is COC(=O)[C@H](Cc1ccc(OC)c(Cl)c1)NC(=O)c1cc(Br)cc(Br)c1. The van der Waals surface area contributed by atoms with Gasteiger partial charge in [-0.15, -0.1) is 0 Å². The Labute approximate surface area is 173 Å². The standard InChI is InChI=1S/C18H16Br2ClNO4/c1-25-16-4-3-10(5-14(16)21)6-15(18(24)26-2)22-17(23)11-7-12(19)9-13(20)8-11/h3-5,7-9,15H,6H2,1-2H3,(H,22,23)/t15-/m0/s1. The zero-order valence-electron chi connectivity index (χ0n) is 14.0. The van der Waals surface area contributed by atoms with Crippen LogP contribution in [0.2, 0.25) is 5.02 Å². The van der Waals surface area contributed by atoms with Gasteiger partial charge >= 0.3 is 5.97 Å². The number of carbonyl (C=O) groups is 2. The Morgan fingerprint density at radius 2 is 1.77 bits per heavy atom. The largest absolute Gasteiger partial charge is 0.495 e. The van der Waals surface area contributed by atoms with E-state index in [-0.39, 0.29) is 12.3 Å². The van der Waals surface area contributed by atoms with Crippen LogP contribution in [0.25, 0.3) is 0 Å². The molecule has 0 aliphatic heterocycles. The van der Waals surface area contributed by atoms with Crippen LogP contribution in [0.5, 0.6) is 5.75 Å². The summed E-state index contributed by atoms with van der Waals surface area (Å²) in [7, 11) is 2.80. The molecule has 0 bridgehead atoms. The van der Waals surface area contributed by atoms with Gasteiger partial charge in [0.1, 0.15) is 11.8 Å². The highest BCUT2D eigenvalue weighted by atomic mass is 79.9. The highest BCUT2D eigenvalue weighted by Crippen LogP contribution is 2.25. The van der Waals surface area contributed by atoms with E-state index < -0.39 is 12.0 Å². The summed E-state index contributed by atoms with van der Waals surface area (Å²) in [6.45, 7) is 0. The Kier molecular flexibility index (Phi) is 7.49. The van der Waals surface area contributed by atoms with Crippen molar-refractivity contribution >= 4 is 55.3 Å². The van der Waals surface area contributed by atoms with E-state index in [2.05, 4.69) is 37.2 Å². The topological polar surface area (TPSA) is 64.6 Å². The molecule has 0 aromatic heterocycles. The number of benzene rings is 2. The second kappa shape index (κ2) is 9.39. The van der Waals surface area contributed by atoms with Crippen LogP contribution in [-0.4, -0.2) is 32.1 Å². The van der Waals surface area contributed by atoms with Crippen molar-refractivity contribution in [1.29, 1.82) is 0 Å². The van der Waals surface area contributed by atoms with E-state index in [9.17, 15) is 9.59 Å². The van der Waals surface area contributed by atoms with Gasteiger partial charge in [-0.2, -0.15) is 0 Å². The quantitative estimate of drug-likeness (QED) is 0.592. The molecular weight excluding hydrogens is 489 g/mol. The molecule has 5 nitrogen and oxygen atoms in total. The Balaban J connectivity index is 2.20. The number of hydrogen-bond donors (Lipinski definition) is 1. The zero-order valence-corrected chi connectivity index (χ0v) is 17.9. The Morgan fingerprint density at radius 1 is 1.12 bits per heavy atom. The van der Waals surface area contributed by atoms with E-state index in [1.807, 2.05) is 6.07 Å². The van der Waals surface area contributed by atoms with E-state index >= 15 is 0 Å². The van der Waals surface area contributed by atoms with Crippen molar-refractivity contribution in [2.24, 2.45) is 0 Å². The number of methoxy groups -OCH3 is 2. The van der Waals surface area contributed by atoms with Gasteiger partial charge in [-0.05, 0) is 35.9 Å². The molecule has 1 atom stereocenters. The molecule has 0 unspecified atom stereocenters. The molecule has 0 fully saturated rings. The number of nitrogens with one attached hydrogen (secondary N) is 1. The third kappa shape index (κ3) is 5.46. The molecule has 2 rings (SSSR count). The van der Waals surface area contributed by atoms with Gasteiger partial charge in [0.2, 0.25) is 0 Å². The number of hydrogen-bond acceptors (Lipinski definition) is 4. The molecule has 0 radical (unpaired) electrons. The molecule has 1 amide bonds. The molecule has 1 N–H and O–H groups in total. The minimum absolute atomic E-state index is 0.233. The number of carbonyl (C=O) groups excluding carboxylic acids is 2. The van der Waals surface area contributed by atoms with Crippen LogP contribution in [0.4, 0.5) is 0 Å². The molecule has 138 valence electrons. The van der Waals surface area contributed by atoms with Crippen molar-refractivity contribution in [3.8, 4) is 5.75 Å². The van der Waals surface area contributed by atoms with Crippen LogP contribution < -0.4 is 10.1 Å². The number of esters is 1. The van der Waals surface area contributed by atoms with Gasteiger partial charge in [0, 0.05) is 20.9 Å². The fourth-order valence-corrected chi connectivity index (χ4v) is 3.91. The van der Waals surface area contributed by atoms with Crippen molar-refractivity contribution in [3.05, 3.63) is 61.5 Å². The van der Waals surface area contributed by atoms with Gasteiger partial charge < -0.3 is 14.8 Å². The average Bonchev–Trinajstić information content (AvgIpc) is 2.59. The summed E-state index contributed by atoms with van der Waals surface area (Å²) >= 11 is 12.8. The molecule has 8 heteroatoms. The van der Waals surface area contributed by atoms with Crippen LogP contribution in [0, 0.1) is 0 Å². The molecule has 2 aromatic carbocycles. The summed E-state index contributed by atoms with van der Waals surface area (Å²) in [6, 6.07) is 9.47. The minimum Gasteiger partial charge on any atom is -0.495 e. The molecule has 0 spiro atoms. The molecule has 0 saturated heterocycles. The number of halogens is 3. The molecule has 0 aliphatic carbocycles. The van der Waals surface area contributed by atoms with Gasteiger partial charge in [0.15, 0.2) is 0 Å². The second-order valence-electron chi connectivity index (χ2n) is 5.38. The van der Waals surface area contributed by atoms with Gasteiger partial charge in [-0.1, -0.05) is 49.5 Å². The molecule has 0 aliphatic rings. The van der Waals surface area contributed by atoms with Gasteiger partial charge in [-0.25, -0.2) is 4.79 Å². The van der Waals surface area contributed by atoms with Crippen LogP contribution in [0.3, 0.4) is 0 Å². The monoisotopic (exact) mass is 503 g/mol. The first-order chi connectivity index (χ1) is 12.3. The maximum atomic E-state index is 12.5. The van der Waals surface area contributed by atoms with Crippen molar-refractivity contribution in [2.45, 2.75) is 12.5 Å². The summed E-state index contributed by atoms with van der Waals surface area (Å²) in [6.07, 6.45) is 0.233. The fraction of sp³-hybridized carbons (Fsp3) is 0.222. The van der Waals surface area contributed by atoms with Gasteiger partial charge in [-0.3, -0.25) is 4.79 Å². The molecule has 26 heavy (non-hydrogen) atoms. The maximum Gasteiger partial charge on any atom is 0.328 e. The summed E-state index contributed by atoms with van der Waals surface area (Å²) in [4.78, 5) is 24.6. The van der Waals surface area contributed by atoms with E-state index in [1.54, 1.807) is 30.3 Å². The summed E-state index contributed by atoms with van der Waals surface area (Å²) in [5, 5.41) is 3.13. The lowest BCUT2D eigenvalue weighted by Gasteiger charge is -2.17. The van der Waals surface area contributed by atoms with Gasteiger partial charge in [0.25, 0.3) is 5.91 Å². The minimum atomic E-state index is -0.852. The molecule has 0 heterocycles. The van der Waals surface area contributed by atoms with Crippen LogP contribution in [0.15, 0.2) is 45.3 Å². The third-order valence-electron chi connectivity index (χ3n) is 3.57. The Morgan fingerprint density at radius 3 is 2.31 bits per heavy atom. The van der Waals surface area contributed by atoms with Crippen LogP contribution in [-0.2, 0) is 16.0 Å². The number of amides is 1.